The van der Waals surface area contributed by atoms with Crippen LogP contribution in [0.3, 0.4) is 0 Å². The minimum absolute atomic E-state index is 0.200. The molecule has 2 rings (SSSR count). The fraction of sp³-hybridized carbons (Fsp3) is 0.600. The van der Waals surface area contributed by atoms with Gasteiger partial charge in [0.15, 0.2) is 0 Å². The van der Waals surface area contributed by atoms with E-state index in [9.17, 15) is 0 Å². The molecule has 1 aromatic carbocycles. The minimum Gasteiger partial charge on any atom is -0.379 e. The van der Waals surface area contributed by atoms with Crippen molar-refractivity contribution >= 4 is 0 Å². The molecule has 0 bridgehead atoms. The molecule has 0 spiro atoms. The number of hydrogen-bond acceptors (Lipinski definition) is 2. The van der Waals surface area contributed by atoms with Crippen molar-refractivity contribution in [2.75, 3.05) is 19.8 Å². The molecule has 1 aliphatic heterocycles. The van der Waals surface area contributed by atoms with Crippen molar-refractivity contribution in [3.63, 3.8) is 0 Å². The topological polar surface area (TPSA) is 35.2 Å². The zero-order valence-electron chi connectivity index (χ0n) is 10.9. The Morgan fingerprint density at radius 1 is 1.24 bits per heavy atom. The van der Waals surface area contributed by atoms with Crippen LogP contribution < -0.4 is 5.73 Å². The molecule has 2 nitrogen and oxygen atoms in total. The summed E-state index contributed by atoms with van der Waals surface area (Å²) in [6.07, 6.45) is 2.18. The average Bonchev–Trinajstić information content (AvgIpc) is 2.24. The summed E-state index contributed by atoms with van der Waals surface area (Å²) in [6, 6.07) is 9.03. The van der Waals surface area contributed by atoms with Crippen LogP contribution in [0.2, 0.25) is 0 Å². The third-order valence-electron chi connectivity index (χ3n) is 3.59. The van der Waals surface area contributed by atoms with E-state index in [1.807, 2.05) is 0 Å². The monoisotopic (exact) mass is 233 g/mol. The second kappa shape index (κ2) is 5.19. The van der Waals surface area contributed by atoms with Crippen LogP contribution in [0.15, 0.2) is 24.3 Å². The molecular weight excluding hydrogens is 210 g/mol. The predicted molar refractivity (Wildman–Crippen MR) is 71.2 cm³/mol. The van der Waals surface area contributed by atoms with Gasteiger partial charge in [0.1, 0.15) is 0 Å². The highest BCUT2D eigenvalue weighted by Crippen LogP contribution is 2.35. The van der Waals surface area contributed by atoms with E-state index in [1.165, 1.54) is 11.1 Å². The summed E-state index contributed by atoms with van der Waals surface area (Å²) in [4.78, 5) is 0. The zero-order chi connectivity index (χ0) is 12.3. The van der Waals surface area contributed by atoms with Crippen LogP contribution in [0.5, 0.6) is 0 Å². The summed E-state index contributed by atoms with van der Waals surface area (Å²) in [7, 11) is 0. The SMILES string of the molecule is CC(C)Cc1ccc(C2(CCN)COC2)cc1. The molecule has 2 heteroatoms. The second-order valence-corrected chi connectivity index (χ2v) is 5.61. The van der Waals surface area contributed by atoms with Crippen molar-refractivity contribution in [3.05, 3.63) is 35.4 Å². The molecule has 17 heavy (non-hydrogen) atoms. The van der Waals surface area contributed by atoms with Crippen LogP contribution in [-0.4, -0.2) is 19.8 Å². The Bertz CT molecular complexity index is 352. The Balaban J connectivity index is 2.11. The molecule has 1 aromatic rings. The van der Waals surface area contributed by atoms with Gasteiger partial charge in [0, 0.05) is 5.41 Å². The summed E-state index contributed by atoms with van der Waals surface area (Å²) in [5.41, 5.74) is 8.71. The number of ether oxygens (including phenoxy) is 1. The van der Waals surface area contributed by atoms with Crippen molar-refractivity contribution in [2.45, 2.75) is 32.1 Å². The number of benzene rings is 1. The number of nitrogens with two attached hydrogens (primary N) is 1. The maximum atomic E-state index is 5.70. The normalized spacial score (nSPS) is 18.1. The van der Waals surface area contributed by atoms with Gasteiger partial charge in [0.25, 0.3) is 0 Å². The van der Waals surface area contributed by atoms with E-state index in [0.29, 0.717) is 5.92 Å². The van der Waals surface area contributed by atoms with Crippen LogP contribution in [0, 0.1) is 5.92 Å². The molecule has 94 valence electrons. The fourth-order valence-electron chi connectivity index (χ4n) is 2.55. The molecular formula is C15H23NO. The van der Waals surface area contributed by atoms with Crippen molar-refractivity contribution in [1.29, 1.82) is 0 Å². The van der Waals surface area contributed by atoms with Crippen molar-refractivity contribution in [2.24, 2.45) is 11.7 Å². The highest BCUT2D eigenvalue weighted by molar-refractivity contribution is 5.31. The van der Waals surface area contributed by atoms with E-state index in [1.54, 1.807) is 0 Å². The molecule has 1 aliphatic rings. The van der Waals surface area contributed by atoms with Crippen molar-refractivity contribution < 1.29 is 4.74 Å². The Morgan fingerprint density at radius 3 is 2.29 bits per heavy atom. The maximum absolute atomic E-state index is 5.70. The summed E-state index contributed by atoms with van der Waals surface area (Å²) < 4.78 is 5.38. The van der Waals surface area contributed by atoms with E-state index < -0.39 is 0 Å². The highest BCUT2D eigenvalue weighted by atomic mass is 16.5. The van der Waals surface area contributed by atoms with Crippen LogP contribution in [0.4, 0.5) is 0 Å². The van der Waals surface area contributed by atoms with Crippen LogP contribution in [0.25, 0.3) is 0 Å². The lowest BCUT2D eigenvalue weighted by Gasteiger charge is -2.42. The van der Waals surface area contributed by atoms with Gasteiger partial charge in [0.2, 0.25) is 0 Å². The first-order chi connectivity index (χ1) is 8.16. The summed E-state index contributed by atoms with van der Waals surface area (Å²) in [5.74, 6) is 0.714. The highest BCUT2D eigenvalue weighted by Gasteiger charge is 2.39. The number of hydrogen-bond donors (Lipinski definition) is 1. The van der Waals surface area contributed by atoms with E-state index in [4.69, 9.17) is 10.5 Å². The van der Waals surface area contributed by atoms with Gasteiger partial charge in [0.05, 0.1) is 13.2 Å². The molecule has 0 radical (unpaired) electrons. The largest absolute Gasteiger partial charge is 0.379 e. The molecule has 1 saturated heterocycles. The Labute approximate surface area is 104 Å². The molecule has 1 fully saturated rings. The van der Waals surface area contributed by atoms with E-state index >= 15 is 0 Å². The Hall–Kier alpha value is -0.860. The Morgan fingerprint density at radius 2 is 1.88 bits per heavy atom. The lowest BCUT2D eigenvalue weighted by Crippen LogP contribution is -2.48. The maximum Gasteiger partial charge on any atom is 0.0586 e. The quantitative estimate of drug-likeness (QED) is 0.848. The Kier molecular flexibility index (Phi) is 3.85. The van der Waals surface area contributed by atoms with E-state index in [2.05, 4.69) is 38.1 Å². The average molecular weight is 233 g/mol. The van der Waals surface area contributed by atoms with Gasteiger partial charge in [-0.2, -0.15) is 0 Å². The van der Waals surface area contributed by atoms with E-state index in [0.717, 1.165) is 32.6 Å². The molecule has 0 aromatic heterocycles. The van der Waals surface area contributed by atoms with Gasteiger partial charge < -0.3 is 10.5 Å². The van der Waals surface area contributed by atoms with Gasteiger partial charge in [-0.15, -0.1) is 0 Å². The van der Waals surface area contributed by atoms with Gasteiger partial charge >= 0.3 is 0 Å². The van der Waals surface area contributed by atoms with Gasteiger partial charge in [-0.1, -0.05) is 38.1 Å². The van der Waals surface area contributed by atoms with Crippen LogP contribution in [-0.2, 0) is 16.6 Å². The zero-order valence-corrected chi connectivity index (χ0v) is 10.9. The summed E-state index contributed by atoms with van der Waals surface area (Å²) in [5, 5.41) is 0. The third kappa shape index (κ3) is 2.70. The summed E-state index contributed by atoms with van der Waals surface area (Å²) in [6.45, 7) is 6.89. The minimum atomic E-state index is 0.200. The molecule has 0 saturated carbocycles. The molecule has 2 N–H and O–H groups in total. The fourth-order valence-corrected chi connectivity index (χ4v) is 2.55. The molecule has 0 unspecified atom stereocenters. The molecule has 0 atom stereocenters. The summed E-state index contributed by atoms with van der Waals surface area (Å²) >= 11 is 0. The smallest absolute Gasteiger partial charge is 0.0586 e. The first-order valence-corrected chi connectivity index (χ1v) is 6.53. The molecule has 1 heterocycles. The lowest BCUT2D eigenvalue weighted by atomic mass is 9.75. The third-order valence-corrected chi connectivity index (χ3v) is 3.59. The van der Waals surface area contributed by atoms with E-state index in [-0.39, 0.29) is 5.41 Å². The van der Waals surface area contributed by atoms with Gasteiger partial charge in [-0.25, -0.2) is 0 Å². The standard InChI is InChI=1S/C15H23NO/c1-12(2)9-13-3-5-14(6-4-13)15(7-8-16)10-17-11-15/h3-6,12H,7-11,16H2,1-2H3. The molecule has 0 aliphatic carbocycles. The second-order valence-electron chi connectivity index (χ2n) is 5.61. The number of rotatable bonds is 5. The van der Waals surface area contributed by atoms with Gasteiger partial charge in [-0.05, 0) is 36.4 Å². The van der Waals surface area contributed by atoms with Crippen LogP contribution >= 0.6 is 0 Å². The van der Waals surface area contributed by atoms with Crippen molar-refractivity contribution in [1.82, 2.24) is 0 Å². The first-order valence-electron chi connectivity index (χ1n) is 6.53. The molecule has 0 amide bonds. The predicted octanol–water partition coefficient (Wildman–Crippen LogP) is 2.50. The van der Waals surface area contributed by atoms with Crippen molar-refractivity contribution in [3.8, 4) is 0 Å². The van der Waals surface area contributed by atoms with Gasteiger partial charge in [-0.3, -0.25) is 0 Å². The van der Waals surface area contributed by atoms with Crippen LogP contribution in [0.1, 0.15) is 31.4 Å². The lowest BCUT2D eigenvalue weighted by molar-refractivity contribution is -0.0631. The first kappa shape index (κ1) is 12.6.